The molecule has 0 aromatic heterocycles. The number of carbonyl (C=O) groups excluding carboxylic acids is 2. The molecule has 1 saturated carbocycles. The lowest BCUT2D eigenvalue weighted by Gasteiger charge is -2.36. The van der Waals surface area contributed by atoms with Crippen molar-refractivity contribution < 1.29 is 18.4 Å². The number of aldehydes is 1. The Morgan fingerprint density at radius 1 is 1.00 bits per heavy atom. The van der Waals surface area contributed by atoms with Gasteiger partial charge in [-0.3, -0.25) is 9.69 Å². The number of halogens is 2. The number of piperazine rings is 1. The highest BCUT2D eigenvalue weighted by molar-refractivity contribution is 5.79. The van der Waals surface area contributed by atoms with Gasteiger partial charge in [0.25, 0.3) is 0 Å². The molecule has 4 atom stereocenters. The van der Waals surface area contributed by atoms with Crippen molar-refractivity contribution in [1.29, 1.82) is 0 Å². The number of likely N-dealkylation sites (N-methyl/N-ethyl adjacent to an activating group) is 1. The van der Waals surface area contributed by atoms with Gasteiger partial charge in [0.2, 0.25) is 5.91 Å². The number of carbonyl (C=O) groups is 2. The fraction of sp³-hybridized carbons (Fsp3) is 0.724. The number of rotatable bonds is 3. The Balaban J connectivity index is 0.000000202. The molecule has 0 bridgehead atoms. The van der Waals surface area contributed by atoms with Crippen molar-refractivity contribution in [3.8, 4) is 0 Å². The lowest BCUT2D eigenvalue weighted by molar-refractivity contribution is -0.139. The van der Waals surface area contributed by atoms with Crippen LogP contribution in [0.5, 0.6) is 0 Å². The molecule has 0 radical (unpaired) electrons. The average Bonchev–Trinajstić information content (AvgIpc) is 3.25. The maximum atomic E-state index is 13.7. The summed E-state index contributed by atoms with van der Waals surface area (Å²) in [4.78, 5) is 30.5. The zero-order valence-corrected chi connectivity index (χ0v) is 22.8. The molecule has 5 nitrogen and oxygen atoms in total. The van der Waals surface area contributed by atoms with E-state index in [-0.39, 0.29) is 35.1 Å². The summed E-state index contributed by atoms with van der Waals surface area (Å²) in [6, 6.07) is 3.91. The second-order valence-electron chi connectivity index (χ2n) is 11.9. The fourth-order valence-corrected chi connectivity index (χ4v) is 5.83. The summed E-state index contributed by atoms with van der Waals surface area (Å²) in [7, 11) is 2.10. The van der Waals surface area contributed by atoms with Gasteiger partial charge in [-0.15, -0.1) is 0 Å². The summed E-state index contributed by atoms with van der Waals surface area (Å²) in [5, 5.41) is 0. The Kier molecular flexibility index (Phi) is 10.0. The SMILES string of the molecule is CC(C)(C)N1CC[C@H](c2ccc(F)cc2F)C1.CC1C(C=O)CCCC[C@@H]1C(=O)N1CCN(C)CC1. The van der Waals surface area contributed by atoms with Gasteiger partial charge in [-0.2, -0.15) is 0 Å². The van der Waals surface area contributed by atoms with E-state index < -0.39 is 11.6 Å². The van der Waals surface area contributed by atoms with Gasteiger partial charge in [-0.25, -0.2) is 8.78 Å². The van der Waals surface area contributed by atoms with Crippen LogP contribution in [0.4, 0.5) is 8.78 Å². The first-order chi connectivity index (χ1) is 17.0. The van der Waals surface area contributed by atoms with Gasteiger partial charge in [0.15, 0.2) is 0 Å². The minimum absolute atomic E-state index is 0.0566. The predicted molar refractivity (Wildman–Crippen MR) is 140 cm³/mol. The first-order valence-electron chi connectivity index (χ1n) is 13.6. The van der Waals surface area contributed by atoms with Crippen molar-refractivity contribution in [1.82, 2.24) is 14.7 Å². The molecule has 2 aliphatic heterocycles. The second-order valence-corrected chi connectivity index (χ2v) is 11.9. The average molecular weight is 506 g/mol. The van der Waals surface area contributed by atoms with Gasteiger partial charge < -0.3 is 14.6 Å². The van der Waals surface area contributed by atoms with Crippen LogP contribution < -0.4 is 0 Å². The third-order valence-corrected chi connectivity index (χ3v) is 8.46. The Morgan fingerprint density at radius 3 is 2.25 bits per heavy atom. The standard InChI is InChI=1S/C15H26N2O2.C14H19F2N/c1-12-13(11-18)5-3-4-6-14(12)15(19)17-9-7-16(2)8-10-17;1-14(2,3)17-7-6-10(9-17)12-5-4-11(15)8-13(12)16/h11-14H,3-10H2,1-2H3;4-5,8,10H,6-7,9H2,1-3H3/t12?,13?,14-;10-/m00/s1. The van der Waals surface area contributed by atoms with E-state index in [4.69, 9.17) is 0 Å². The van der Waals surface area contributed by atoms with Crippen LogP contribution in [-0.2, 0) is 9.59 Å². The van der Waals surface area contributed by atoms with E-state index in [1.807, 2.05) is 4.90 Å². The molecule has 1 aromatic carbocycles. The third-order valence-electron chi connectivity index (χ3n) is 8.46. The second kappa shape index (κ2) is 12.6. The van der Waals surface area contributed by atoms with Crippen LogP contribution in [0.2, 0.25) is 0 Å². The van der Waals surface area contributed by atoms with Gasteiger partial charge in [-0.1, -0.05) is 25.8 Å². The van der Waals surface area contributed by atoms with Crippen LogP contribution in [-0.4, -0.2) is 78.7 Å². The lowest BCUT2D eigenvalue weighted by Crippen LogP contribution is -2.50. The van der Waals surface area contributed by atoms with Gasteiger partial charge in [0.1, 0.15) is 17.9 Å². The Labute approximate surface area is 216 Å². The summed E-state index contributed by atoms with van der Waals surface area (Å²) in [6.07, 6.45) is 6.09. The maximum Gasteiger partial charge on any atom is 0.226 e. The molecule has 3 aliphatic rings. The molecule has 36 heavy (non-hydrogen) atoms. The highest BCUT2D eigenvalue weighted by Crippen LogP contribution is 2.34. The van der Waals surface area contributed by atoms with Crippen LogP contribution in [0.1, 0.15) is 71.3 Å². The van der Waals surface area contributed by atoms with Gasteiger partial charge in [0, 0.05) is 62.1 Å². The molecular weight excluding hydrogens is 460 g/mol. The summed E-state index contributed by atoms with van der Waals surface area (Å²) in [5.41, 5.74) is 0.767. The smallest absolute Gasteiger partial charge is 0.226 e. The maximum absolute atomic E-state index is 13.7. The van der Waals surface area contributed by atoms with Gasteiger partial charge in [0.05, 0.1) is 0 Å². The van der Waals surface area contributed by atoms with E-state index in [0.717, 1.165) is 83.7 Å². The molecule has 0 spiro atoms. The predicted octanol–water partition coefficient (Wildman–Crippen LogP) is 4.95. The van der Waals surface area contributed by atoms with Crippen LogP contribution in [0.15, 0.2) is 18.2 Å². The van der Waals surface area contributed by atoms with E-state index in [0.29, 0.717) is 5.56 Å². The monoisotopic (exact) mass is 505 g/mol. The number of benzene rings is 1. The lowest BCUT2D eigenvalue weighted by atomic mass is 9.81. The molecule has 2 saturated heterocycles. The van der Waals surface area contributed by atoms with Crippen LogP contribution in [0, 0.1) is 29.4 Å². The number of nitrogens with zero attached hydrogens (tertiary/aromatic N) is 3. The first kappa shape index (κ1) is 28.7. The Bertz CT molecular complexity index is 880. The quantitative estimate of drug-likeness (QED) is 0.431. The van der Waals surface area contributed by atoms with Crippen LogP contribution >= 0.6 is 0 Å². The molecule has 1 aromatic rings. The Hall–Kier alpha value is -1.86. The zero-order valence-electron chi connectivity index (χ0n) is 22.8. The number of likely N-dealkylation sites (tertiary alicyclic amines) is 1. The summed E-state index contributed by atoms with van der Waals surface area (Å²) in [5.74, 6) is -0.107. The van der Waals surface area contributed by atoms with Crippen molar-refractivity contribution in [3.63, 3.8) is 0 Å². The van der Waals surface area contributed by atoms with Crippen LogP contribution in [0.25, 0.3) is 0 Å². The summed E-state index contributed by atoms with van der Waals surface area (Å²) < 4.78 is 26.5. The molecule has 4 rings (SSSR count). The van der Waals surface area contributed by atoms with E-state index in [1.165, 1.54) is 6.07 Å². The molecular formula is C29H45F2N3O2. The fourth-order valence-electron chi connectivity index (χ4n) is 5.83. The molecule has 1 amide bonds. The number of amides is 1. The van der Waals surface area contributed by atoms with Crippen LogP contribution in [0.3, 0.4) is 0 Å². The highest BCUT2D eigenvalue weighted by atomic mass is 19.1. The van der Waals surface area contributed by atoms with Crippen molar-refractivity contribution in [2.45, 2.75) is 71.3 Å². The molecule has 2 unspecified atom stereocenters. The molecule has 3 fully saturated rings. The van der Waals surface area contributed by atoms with Crippen molar-refractivity contribution in [2.75, 3.05) is 46.3 Å². The normalized spacial score (nSPS) is 28.2. The van der Waals surface area contributed by atoms with E-state index >= 15 is 0 Å². The Morgan fingerprint density at radius 2 is 1.67 bits per heavy atom. The molecule has 2 heterocycles. The van der Waals surface area contributed by atoms with Gasteiger partial charge in [-0.05, 0) is 71.2 Å². The largest absolute Gasteiger partial charge is 0.340 e. The molecule has 202 valence electrons. The third kappa shape index (κ3) is 7.34. The highest BCUT2D eigenvalue weighted by Gasteiger charge is 2.36. The topological polar surface area (TPSA) is 43.9 Å². The van der Waals surface area contributed by atoms with Gasteiger partial charge >= 0.3 is 0 Å². The minimum Gasteiger partial charge on any atom is -0.340 e. The van der Waals surface area contributed by atoms with Crippen molar-refractivity contribution in [2.24, 2.45) is 17.8 Å². The van der Waals surface area contributed by atoms with E-state index in [1.54, 1.807) is 6.07 Å². The van der Waals surface area contributed by atoms with E-state index in [2.05, 4.69) is 44.5 Å². The summed E-state index contributed by atoms with van der Waals surface area (Å²) in [6.45, 7) is 14.0. The molecule has 0 N–H and O–H groups in total. The number of hydrogen-bond acceptors (Lipinski definition) is 4. The van der Waals surface area contributed by atoms with Crippen molar-refractivity contribution >= 4 is 12.2 Å². The zero-order chi connectivity index (χ0) is 26.5. The van der Waals surface area contributed by atoms with E-state index in [9.17, 15) is 18.4 Å². The summed E-state index contributed by atoms with van der Waals surface area (Å²) >= 11 is 0. The molecule has 1 aliphatic carbocycles. The van der Waals surface area contributed by atoms with Crippen molar-refractivity contribution in [3.05, 3.63) is 35.4 Å². The molecule has 7 heteroatoms. The minimum atomic E-state index is -0.503. The first-order valence-corrected chi connectivity index (χ1v) is 13.6. The number of hydrogen-bond donors (Lipinski definition) is 0.